The lowest BCUT2D eigenvalue weighted by atomic mass is 9.94. The van der Waals surface area contributed by atoms with Gasteiger partial charge < -0.3 is 0 Å². The van der Waals surface area contributed by atoms with Crippen LogP contribution < -0.4 is 0 Å². The van der Waals surface area contributed by atoms with Crippen LogP contribution in [0, 0.1) is 0 Å². The van der Waals surface area contributed by atoms with Gasteiger partial charge >= 0.3 is 0 Å². The summed E-state index contributed by atoms with van der Waals surface area (Å²) < 4.78 is 0. The molecule has 0 aliphatic heterocycles. The molecule has 0 bridgehead atoms. The van der Waals surface area contributed by atoms with Crippen LogP contribution in [0.3, 0.4) is 0 Å². The molecule has 0 fully saturated rings. The monoisotopic (exact) mass is 198 g/mol. The molecule has 0 radical (unpaired) electrons. The number of hydrogen-bond acceptors (Lipinski definition) is 0. The minimum Gasteiger partial charge on any atom is -0.0832 e. The molecule has 0 aromatic heterocycles. The third-order valence-corrected chi connectivity index (χ3v) is 3.32. The van der Waals surface area contributed by atoms with E-state index in [1.165, 1.54) is 28.7 Å². The average molecular weight is 198 g/mol. The smallest absolute Gasteiger partial charge is 0.00956 e. The van der Waals surface area contributed by atoms with Crippen LogP contribution in [0.4, 0.5) is 0 Å². The lowest BCUT2D eigenvalue weighted by Crippen LogP contribution is -1.93. The zero-order valence-corrected chi connectivity index (χ0v) is 9.75. The molecule has 1 aliphatic carbocycles. The summed E-state index contributed by atoms with van der Waals surface area (Å²) in [6, 6.07) is 8.79. The van der Waals surface area contributed by atoms with E-state index in [0.717, 1.165) is 0 Å². The first-order valence-corrected chi connectivity index (χ1v) is 5.75. The van der Waals surface area contributed by atoms with Crippen LogP contribution in [0.1, 0.15) is 44.2 Å². The van der Waals surface area contributed by atoms with Crippen molar-refractivity contribution < 1.29 is 0 Å². The number of allylic oxidation sites excluding steroid dienone is 4. The molecule has 0 spiro atoms. The number of rotatable bonds is 1. The van der Waals surface area contributed by atoms with Crippen molar-refractivity contribution in [2.45, 2.75) is 33.1 Å². The highest BCUT2D eigenvalue weighted by Gasteiger charge is 2.28. The fourth-order valence-electron chi connectivity index (χ4n) is 2.68. The van der Waals surface area contributed by atoms with Crippen molar-refractivity contribution in [3.8, 4) is 0 Å². The standard InChI is InChI=1S/C15H18/c1-4-11-12(5-2)14-9-7-8-10-15(14)13(11)6-3/h4-5,7-10,13H,6H2,1-3H3/b11-4+,12-5+. The molecule has 0 amide bonds. The summed E-state index contributed by atoms with van der Waals surface area (Å²) in [6.07, 6.45) is 5.70. The second-order valence-electron chi connectivity index (χ2n) is 3.99. The summed E-state index contributed by atoms with van der Waals surface area (Å²) >= 11 is 0. The molecule has 1 aromatic carbocycles. The average Bonchev–Trinajstić information content (AvgIpc) is 2.61. The highest BCUT2D eigenvalue weighted by atomic mass is 14.3. The van der Waals surface area contributed by atoms with Gasteiger partial charge in [0.15, 0.2) is 0 Å². The van der Waals surface area contributed by atoms with Gasteiger partial charge in [0.2, 0.25) is 0 Å². The van der Waals surface area contributed by atoms with Crippen molar-refractivity contribution in [1.29, 1.82) is 0 Å². The maximum Gasteiger partial charge on any atom is 0.00956 e. The van der Waals surface area contributed by atoms with Gasteiger partial charge in [0.25, 0.3) is 0 Å². The number of hydrogen-bond donors (Lipinski definition) is 0. The Labute approximate surface area is 92.3 Å². The Hall–Kier alpha value is -1.30. The van der Waals surface area contributed by atoms with E-state index < -0.39 is 0 Å². The Balaban J connectivity index is 2.64. The minimum absolute atomic E-state index is 0.609. The van der Waals surface area contributed by atoms with E-state index in [1.54, 1.807) is 0 Å². The van der Waals surface area contributed by atoms with Crippen LogP contribution in [0.25, 0.3) is 5.57 Å². The summed E-state index contributed by atoms with van der Waals surface area (Å²) in [5.74, 6) is 0.609. The molecule has 0 N–H and O–H groups in total. The molecule has 0 heteroatoms. The largest absolute Gasteiger partial charge is 0.0832 e. The maximum atomic E-state index is 2.27. The van der Waals surface area contributed by atoms with Gasteiger partial charge in [0.05, 0.1) is 0 Å². The fraction of sp³-hybridized carbons (Fsp3) is 0.333. The predicted octanol–water partition coefficient (Wildman–Crippen LogP) is 4.54. The lowest BCUT2D eigenvalue weighted by Gasteiger charge is -2.10. The summed E-state index contributed by atoms with van der Waals surface area (Å²) in [5, 5.41) is 0. The first-order chi connectivity index (χ1) is 7.33. The van der Waals surface area contributed by atoms with E-state index in [9.17, 15) is 0 Å². The molecular weight excluding hydrogens is 180 g/mol. The maximum absolute atomic E-state index is 2.27. The van der Waals surface area contributed by atoms with Crippen molar-refractivity contribution >= 4 is 5.57 Å². The molecule has 2 rings (SSSR count). The Kier molecular flexibility index (Phi) is 2.77. The van der Waals surface area contributed by atoms with Crippen molar-refractivity contribution in [2.24, 2.45) is 0 Å². The zero-order chi connectivity index (χ0) is 10.8. The third kappa shape index (κ3) is 1.45. The van der Waals surface area contributed by atoms with Gasteiger partial charge in [0.1, 0.15) is 0 Å². The summed E-state index contributed by atoms with van der Waals surface area (Å²) in [4.78, 5) is 0. The minimum atomic E-state index is 0.609. The molecule has 1 aromatic rings. The van der Waals surface area contributed by atoms with Crippen molar-refractivity contribution in [3.63, 3.8) is 0 Å². The van der Waals surface area contributed by atoms with E-state index in [0.29, 0.717) is 5.92 Å². The third-order valence-electron chi connectivity index (χ3n) is 3.32. The second-order valence-corrected chi connectivity index (χ2v) is 3.99. The Morgan fingerprint density at radius 2 is 1.87 bits per heavy atom. The Bertz CT molecular complexity index is 421. The quantitative estimate of drug-likeness (QED) is 0.621. The van der Waals surface area contributed by atoms with Crippen molar-refractivity contribution in [3.05, 3.63) is 53.1 Å². The second kappa shape index (κ2) is 4.06. The van der Waals surface area contributed by atoms with Crippen LogP contribution in [0.15, 0.2) is 42.0 Å². The molecule has 1 atom stereocenters. The van der Waals surface area contributed by atoms with Gasteiger partial charge in [-0.1, -0.05) is 43.3 Å². The first kappa shape index (κ1) is 10.2. The van der Waals surface area contributed by atoms with Crippen LogP contribution in [0.2, 0.25) is 0 Å². The van der Waals surface area contributed by atoms with Crippen molar-refractivity contribution in [1.82, 2.24) is 0 Å². The van der Waals surface area contributed by atoms with Gasteiger partial charge in [-0.05, 0) is 42.5 Å². The summed E-state index contributed by atoms with van der Waals surface area (Å²) in [6.45, 7) is 6.55. The molecule has 1 aliphatic rings. The molecule has 0 saturated heterocycles. The molecule has 78 valence electrons. The first-order valence-electron chi connectivity index (χ1n) is 5.75. The molecule has 0 saturated carbocycles. The number of fused-ring (bicyclic) bond motifs is 1. The van der Waals surface area contributed by atoms with E-state index in [-0.39, 0.29) is 0 Å². The highest BCUT2D eigenvalue weighted by Crippen LogP contribution is 2.46. The molecular formula is C15H18. The summed E-state index contributed by atoms with van der Waals surface area (Å²) in [5.41, 5.74) is 5.86. The van der Waals surface area contributed by atoms with E-state index in [1.807, 2.05) is 0 Å². The van der Waals surface area contributed by atoms with Gasteiger partial charge in [-0.3, -0.25) is 0 Å². The van der Waals surface area contributed by atoms with Crippen LogP contribution in [-0.2, 0) is 0 Å². The van der Waals surface area contributed by atoms with Gasteiger partial charge in [-0.2, -0.15) is 0 Å². The Morgan fingerprint density at radius 1 is 1.13 bits per heavy atom. The SMILES string of the molecule is C/C=C1\C(=C/C)c2ccccc2C1CC. The summed E-state index contributed by atoms with van der Waals surface area (Å²) in [7, 11) is 0. The van der Waals surface area contributed by atoms with Crippen LogP contribution in [-0.4, -0.2) is 0 Å². The molecule has 1 unspecified atom stereocenters. The van der Waals surface area contributed by atoms with Gasteiger partial charge in [-0.15, -0.1) is 0 Å². The topological polar surface area (TPSA) is 0 Å². The lowest BCUT2D eigenvalue weighted by molar-refractivity contribution is 0.796. The van der Waals surface area contributed by atoms with E-state index in [2.05, 4.69) is 57.2 Å². The predicted molar refractivity (Wildman–Crippen MR) is 66.9 cm³/mol. The van der Waals surface area contributed by atoms with E-state index in [4.69, 9.17) is 0 Å². The fourth-order valence-corrected chi connectivity index (χ4v) is 2.68. The number of benzene rings is 1. The van der Waals surface area contributed by atoms with Crippen LogP contribution >= 0.6 is 0 Å². The normalized spacial score (nSPS) is 24.9. The molecule has 0 nitrogen and oxygen atoms in total. The van der Waals surface area contributed by atoms with Gasteiger partial charge in [-0.25, -0.2) is 0 Å². The zero-order valence-electron chi connectivity index (χ0n) is 9.75. The highest BCUT2D eigenvalue weighted by molar-refractivity contribution is 5.87. The Morgan fingerprint density at radius 3 is 2.47 bits per heavy atom. The molecule has 15 heavy (non-hydrogen) atoms. The van der Waals surface area contributed by atoms with E-state index >= 15 is 0 Å². The van der Waals surface area contributed by atoms with Gasteiger partial charge in [0, 0.05) is 5.92 Å². The van der Waals surface area contributed by atoms with Crippen LogP contribution in [0.5, 0.6) is 0 Å². The molecule has 0 heterocycles. The van der Waals surface area contributed by atoms with Crippen molar-refractivity contribution in [2.75, 3.05) is 0 Å².